The average Bonchev–Trinajstić information content (AvgIpc) is 3.30. The van der Waals surface area contributed by atoms with Crippen molar-refractivity contribution >= 4 is 29.3 Å². The molecule has 35 heavy (non-hydrogen) atoms. The maximum Gasteiger partial charge on any atom is 0.337 e. The first kappa shape index (κ1) is 24.0. The number of thioether (sulfide) groups is 1. The smallest absolute Gasteiger partial charge is 0.337 e. The van der Waals surface area contributed by atoms with Crippen molar-refractivity contribution in [2.75, 3.05) is 18.2 Å². The highest BCUT2D eigenvalue weighted by molar-refractivity contribution is 7.99. The lowest BCUT2D eigenvalue weighted by Gasteiger charge is -2.11. The van der Waals surface area contributed by atoms with Gasteiger partial charge in [0.25, 0.3) is 0 Å². The molecule has 0 aliphatic rings. The van der Waals surface area contributed by atoms with E-state index in [0.29, 0.717) is 22.2 Å². The molecular formula is C26H24N4O4S. The molecule has 178 valence electrons. The first-order valence-electron chi connectivity index (χ1n) is 10.8. The molecule has 3 aromatic carbocycles. The van der Waals surface area contributed by atoms with Crippen molar-refractivity contribution in [2.24, 2.45) is 0 Å². The number of rotatable bonds is 9. The van der Waals surface area contributed by atoms with Crippen LogP contribution in [0.1, 0.15) is 21.7 Å². The van der Waals surface area contributed by atoms with Gasteiger partial charge in [0, 0.05) is 11.4 Å². The van der Waals surface area contributed by atoms with E-state index in [0.717, 1.165) is 17.0 Å². The molecule has 8 nitrogen and oxygen atoms in total. The summed E-state index contributed by atoms with van der Waals surface area (Å²) in [5.41, 5.74) is 3.03. The Morgan fingerprint density at radius 1 is 0.943 bits per heavy atom. The van der Waals surface area contributed by atoms with Gasteiger partial charge in [0.15, 0.2) is 11.0 Å². The van der Waals surface area contributed by atoms with Gasteiger partial charge in [-0.1, -0.05) is 47.7 Å². The summed E-state index contributed by atoms with van der Waals surface area (Å²) in [5.74, 6) is 0.854. The van der Waals surface area contributed by atoms with Crippen LogP contribution in [0.25, 0.3) is 5.69 Å². The molecule has 1 amide bonds. The van der Waals surface area contributed by atoms with E-state index in [-0.39, 0.29) is 18.3 Å². The van der Waals surface area contributed by atoms with Crippen LogP contribution in [0.5, 0.6) is 5.75 Å². The number of aromatic nitrogens is 3. The minimum Gasteiger partial charge on any atom is -0.486 e. The molecule has 4 aromatic rings. The lowest BCUT2D eigenvalue weighted by Crippen LogP contribution is -2.15. The molecule has 4 rings (SSSR count). The maximum atomic E-state index is 12.5. The van der Waals surface area contributed by atoms with E-state index in [1.807, 2.05) is 66.1 Å². The van der Waals surface area contributed by atoms with Gasteiger partial charge in [0.1, 0.15) is 12.4 Å². The fraction of sp³-hybridized carbons (Fsp3) is 0.154. The first-order chi connectivity index (χ1) is 17.0. The van der Waals surface area contributed by atoms with E-state index in [2.05, 4.69) is 20.3 Å². The van der Waals surface area contributed by atoms with Gasteiger partial charge in [-0.15, -0.1) is 10.2 Å². The van der Waals surface area contributed by atoms with E-state index in [1.165, 1.54) is 18.9 Å². The molecule has 0 unspecified atom stereocenters. The van der Waals surface area contributed by atoms with Crippen molar-refractivity contribution in [1.29, 1.82) is 0 Å². The minimum atomic E-state index is -0.430. The van der Waals surface area contributed by atoms with E-state index in [1.54, 1.807) is 24.3 Å². The van der Waals surface area contributed by atoms with Crippen LogP contribution in [0, 0.1) is 6.92 Å². The number of aryl methyl sites for hydroxylation is 1. The number of hydrogen-bond donors (Lipinski definition) is 1. The summed E-state index contributed by atoms with van der Waals surface area (Å²) >= 11 is 1.27. The number of amides is 1. The number of methoxy groups -OCH3 is 1. The van der Waals surface area contributed by atoms with Gasteiger partial charge in [0.2, 0.25) is 5.91 Å². The van der Waals surface area contributed by atoms with Gasteiger partial charge < -0.3 is 14.8 Å². The number of para-hydroxylation sites is 1. The van der Waals surface area contributed by atoms with Crippen LogP contribution in [0.2, 0.25) is 0 Å². The van der Waals surface area contributed by atoms with E-state index in [4.69, 9.17) is 4.74 Å². The van der Waals surface area contributed by atoms with Gasteiger partial charge >= 0.3 is 5.97 Å². The molecule has 0 fully saturated rings. The third-order valence-electron chi connectivity index (χ3n) is 5.03. The highest BCUT2D eigenvalue weighted by atomic mass is 32.2. The molecule has 0 spiro atoms. The molecule has 1 heterocycles. The summed E-state index contributed by atoms with van der Waals surface area (Å²) in [6.07, 6.45) is 0. The predicted octanol–water partition coefficient (Wildman–Crippen LogP) is 4.67. The molecule has 0 atom stereocenters. The number of esters is 1. The van der Waals surface area contributed by atoms with Gasteiger partial charge in [0.05, 0.1) is 18.4 Å². The largest absolute Gasteiger partial charge is 0.486 e. The highest BCUT2D eigenvalue weighted by Gasteiger charge is 2.17. The third-order valence-corrected chi connectivity index (χ3v) is 5.95. The Labute approximate surface area is 207 Å². The van der Waals surface area contributed by atoms with E-state index >= 15 is 0 Å². The molecular weight excluding hydrogens is 464 g/mol. The van der Waals surface area contributed by atoms with Crippen LogP contribution in [0.3, 0.4) is 0 Å². The maximum absolute atomic E-state index is 12.5. The number of nitrogens with zero attached hydrogens (tertiary/aromatic N) is 3. The van der Waals surface area contributed by atoms with Gasteiger partial charge in [-0.25, -0.2) is 4.79 Å². The minimum absolute atomic E-state index is 0.128. The molecule has 0 aliphatic heterocycles. The Morgan fingerprint density at radius 2 is 1.66 bits per heavy atom. The number of carbonyl (C=O) groups excluding carboxylic acids is 2. The van der Waals surface area contributed by atoms with Crippen molar-refractivity contribution < 1.29 is 19.1 Å². The van der Waals surface area contributed by atoms with Gasteiger partial charge in [-0.2, -0.15) is 0 Å². The highest BCUT2D eigenvalue weighted by Crippen LogP contribution is 2.23. The van der Waals surface area contributed by atoms with Crippen molar-refractivity contribution in [3.63, 3.8) is 0 Å². The molecule has 9 heteroatoms. The number of anilines is 1. The summed E-state index contributed by atoms with van der Waals surface area (Å²) in [5, 5.41) is 12.0. The summed E-state index contributed by atoms with van der Waals surface area (Å²) in [6, 6.07) is 24.0. The fourth-order valence-electron chi connectivity index (χ4n) is 3.24. The summed E-state index contributed by atoms with van der Waals surface area (Å²) < 4.78 is 12.5. The van der Waals surface area contributed by atoms with Crippen LogP contribution in [0.4, 0.5) is 5.69 Å². The number of carbonyl (C=O) groups is 2. The molecule has 0 radical (unpaired) electrons. The SMILES string of the molecule is COC(=O)c1ccc(NC(=O)CSc2nnc(COc3ccc(C)cc3)n2-c2ccccc2)cc1. The van der Waals surface area contributed by atoms with Crippen LogP contribution in [-0.4, -0.2) is 39.5 Å². The first-order valence-corrected chi connectivity index (χ1v) is 11.8. The Hall–Kier alpha value is -4.11. The third kappa shape index (κ3) is 6.27. The van der Waals surface area contributed by atoms with Crippen molar-refractivity contribution in [1.82, 2.24) is 14.8 Å². The van der Waals surface area contributed by atoms with Crippen LogP contribution >= 0.6 is 11.8 Å². The Morgan fingerprint density at radius 3 is 2.34 bits per heavy atom. The molecule has 0 aliphatic carbocycles. The van der Waals surface area contributed by atoms with Gasteiger partial charge in [-0.3, -0.25) is 9.36 Å². The zero-order valence-electron chi connectivity index (χ0n) is 19.3. The van der Waals surface area contributed by atoms with Crippen molar-refractivity contribution in [3.8, 4) is 11.4 Å². The predicted molar refractivity (Wildman–Crippen MR) is 134 cm³/mol. The van der Waals surface area contributed by atoms with E-state index in [9.17, 15) is 9.59 Å². The normalized spacial score (nSPS) is 10.6. The number of nitrogens with one attached hydrogen (secondary N) is 1. The molecule has 0 saturated carbocycles. The molecule has 0 saturated heterocycles. The number of ether oxygens (including phenoxy) is 2. The van der Waals surface area contributed by atoms with E-state index < -0.39 is 5.97 Å². The van der Waals surface area contributed by atoms with Crippen LogP contribution < -0.4 is 10.1 Å². The second-order valence-electron chi connectivity index (χ2n) is 7.58. The lowest BCUT2D eigenvalue weighted by atomic mass is 10.2. The molecule has 1 aromatic heterocycles. The number of benzene rings is 3. The Kier molecular flexibility index (Phi) is 7.79. The molecule has 0 bridgehead atoms. The monoisotopic (exact) mass is 488 g/mol. The lowest BCUT2D eigenvalue weighted by molar-refractivity contribution is -0.113. The Balaban J connectivity index is 1.44. The quantitative estimate of drug-likeness (QED) is 0.270. The zero-order chi connectivity index (χ0) is 24.6. The Bertz CT molecular complexity index is 1290. The summed E-state index contributed by atoms with van der Waals surface area (Å²) in [4.78, 5) is 24.1. The summed E-state index contributed by atoms with van der Waals surface area (Å²) in [6.45, 7) is 2.25. The van der Waals surface area contributed by atoms with Crippen molar-refractivity contribution in [3.05, 3.63) is 95.8 Å². The average molecular weight is 489 g/mol. The van der Waals surface area contributed by atoms with Crippen molar-refractivity contribution in [2.45, 2.75) is 18.7 Å². The topological polar surface area (TPSA) is 95.3 Å². The zero-order valence-corrected chi connectivity index (χ0v) is 20.1. The standard InChI is InChI=1S/C26H24N4O4S/c1-18-8-14-22(15-9-18)34-16-23-28-29-26(30(23)21-6-4-3-5-7-21)35-17-24(31)27-20-12-10-19(11-13-20)25(32)33-2/h3-15H,16-17H2,1-2H3,(H,27,31). The summed E-state index contributed by atoms with van der Waals surface area (Å²) in [7, 11) is 1.32. The molecule has 1 N–H and O–H groups in total. The van der Waals surface area contributed by atoms with Crippen LogP contribution in [-0.2, 0) is 16.1 Å². The second kappa shape index (κ2) is 11.3. The number of hydrogen-bond acceptors (Lipinski definition) is 7. The van der Waals surface area contributed by atoms with Crippen LogP contribution in [0.15, 0.2) is 84.0 Å². The second-order valence-corrected chi connectivity index (χ2v) is 8.52. The fourth-order valence-corrected chi connectivity index (χ4v) is 4.01. The van der Waals surface area contributed by atoms with Gasteiger partial charge in [-0.05, 0) is 55.5 Å².